The zero-order valence-electron chi connectivity index (χ0n) is 15.0. The molecule has 1 aromatic heterocycles. The summed E-state index contributed by atoms with van der Waals surface area (Å²) in [5, 5.41) is 3.30. The first-order chi connectivity index (χ1) is 13.1. The molecule has 2 N–H and O–H groups in total. The molecule has 0 amide bonds. The summed E-state index contributed by atoms with van der Waals surface area (Å²) >= 11 is 0. The number of pyridine rings is 1. The van der Waals surface area contributed by atoms with Crippen molar-refractivity contribution < 1.29 is 8.42 Å². The lowest BCUT2D eigenvalue weighted by Crippen LogP contribution is -2.26. The van der Waals surface area contributed by atoms with Gasteiger partial charge in [-0.25, -0.2) is 13.1 Å². The van der Waals surface area contributed by atoms with Crippen LogP contribution in [0.2, 0.25) is 0 Å². The molecule has 5 nitrogen and oxygen atoms in total. The average molecular weight is 382 g/mol. The Hall–Kier alpha value is -2.54. The fraction of sp³-hybridized carbons (Fsp3) is 0.190. The molecule has 3 rings (SSSR count). The molecular formula is C21H23N3O2S. The van der Waals surface area contributed by atoms with E-state index in [4.69, 9.17) is 0 Å². The lowest BCUT2D eigenvalue weighted by molar-refractivity contribution is 0.581. The first-order valence-corrected chi connectivity index (χ1v) is 10.3. The largest absolute Gasteiger partial charge is 0.307 e. The highest BCUT2D eigenvalue weighted by atomic mass is 32.2. The van der Waals surface area contributed by atoms with Crippen LogP contribution >= 0.6 is 0 Å². The van der Waals surface area contributed by atoms with E-state index in [-0.39, 0.29) is 4.90 Å². The fourth-order valence-electron chi connectivity index (χ4n) is 2.68. The highest BCUT2D eigenvalue weighted by Crippen LogP contribution is 2.11. The van der Waals surface area contributed by atoms with E-state index in [2.05, 4.69) is 15.0 Å². The van der Waals surface area contributed by atoms with Crippen LogP contribution in [0.25, 0.3) is 0 Å². The maximum Gasteiger partial charge on any atom is 0.240 e. The van der Waals surface area contributed by atoms with Crippen molar-refractivity contribution in [3.8, 4) is 0 Å². The minimum atomic E-state index is -3.49. The van der Waals surface area contributed by atoms with Crippen LogP contribution < -0.4 is 10.0 Å². The first-order valence-electron chi connectivity index (χ1n) is 8.87. The molecule has 0 unspecified atom stereocenters. The Labute approximate surface area is 160 Å². The number of hydrogen-bond donors (Lipinski definition) is 2. The van der Waals surface area contributed by atoms with Gasteiger partial charge in [-0.15, -0.1) is 0 Å². The summed E-state index contributed by atoms with van der Waals surface area (Å²) in [6.07, 6.45) is 2.43. The molecule has 0 saturated heterocycles. The van der Waals surface area contributed by atoms with E-state index >= 15 is 0 Å². The van der Waals surface area contributed by atoms with Crippen molar-refractivity contribution >= 4 is 10.0 Å². The molecule has 0 radical (unpaired) electrons. The number of rotatable bonds is 9. The zero-order chi connectivity index (χ0) is 19.0. The Bertz CT molecular complexity index is 928. The van der Waals surface area contributed by atoms with Crippen LogP contribution in [-0.2, 0) is 29.5 Å². The Balaban J connectivity index is 1.49. The van der Waals surface area contributed by atoms with E-state index in [9.17, 15) is 8.42 Å². The molecule has 1 heterocycles. The lowest BCUT2D eigenvalue weighted by atomic mass is 10.2. The average Bonchev–Trinajstić information content (AvgIpc) is 2.70. The van der Waals surface area contributed by atoms with Crippen LogP contribution in [0.1, 0.15) is 16.8 Å². The summed E-state index contributed by atoms with van der Waals surface area (Å²) in [6.45, 7) is 1.69. The van der Waals surface area contributed by atoms with Gasteiger partial charge in [-0.2, -0.15) is 0 Å². The van der Waals surface area contributed by atoms with E-state index in [1.54, 1.807) is 18.3 Å². The van der Waals surface area contributed by atoms with Crippen molar-refractivity contribution in [2.75, 3.05) is 6.54 Å². The first kappa shape index (κ1) is 19.2. The molecule has 0 saturated carbocycles. The summed E-state index contributed by atoms with van der Waals surface area (Å²) in [5.74, 6) is 0. The highest BCUT2D eigenvalue weighted by Gasteiger charge is 2.13. The third kappa shape index (κ3) is 5.99. The van der Waals surface area contributed by atoms with Crippen molar-refractivity contribution in [1.29, 1.82) is 0 Å². The summed E-state index contributed by atoms with van der Waals surface area (Å²) in [6, 6.07) is 22.6. The second-order valence-electron chi connectivity index (χ2n) is 6.20. The molecule has 0 aliphatic carbocycles. The third-order valence-electron chi connectivity index (χ3n) is 4.14. The molecule has 0 atom stereocenters. The summed E-state index contributed by atoms with van der Waals surface area (Å²) in [5.41, 5.74) is 3.10. The van der Waals surface area contributed by atoms with Gasteiger partial charge in [0, 0.05) is 25.8 Å². The van der Waals surface area contributed by atoms with Gasteiger partial charge in [0.1, 0.15) is 0 Å². The van der Waals surface area contributed by atoms with Crippen LogP contribution in [0.3, 0.4) is 0 Å². The van der Waals surface area contributed by atoms with E-state index in [1.165, 1.54) is 0 Å². The monoisotopic (exact) mass is 381 g/mol. The zero-order valence-corrected chi connectivity index (χ0v) is 15.8. The minimum Gasteiger partial charge on any atom is -0.307 e. The van der Waals surface area contributed by atoms with Crippen LogP contribution in [0.15, 0.2) is 83.9 Å². The lowest BCUT2D eigenvalue weighted by Gasteiger charge is -2.09. The molecule has 0 fully saturated rings. The Morgan fingerprint density at radius 1 is 0.778 bits per heavy atom. The van der Waals surface area contributed by atoms with Crippen LogP contribution in [0.5, 0.6) is 0 Å². The van der Waals surface area contributed by atoms with Gasteiger partial charge in [-0.3, -0.25) is 4.98 Å². The SMILES string of the molecule is O=S(=O)(NCCc1ccccc1)c1ccc(CNCc2ccccn2)cc1. The second-order valence-corrected chi connectivity index (χ2v) is 7.97. The number of nitrogens with zero attached hydrogens (tertiary/aromatic N) is 1. The van der Waals surface area contributed by atoms with Gasteiger partial charge >= 0.3 is 0 Å². The van der Waals surface area contributed by atoms with Gasteiger partial charge in [0.15, 0.2) is 0 Å². The molecule has 0 bridgehead atoms. The highest BCUT2D eigenvalue weighted by molar-refractivity contribution is 7.89. The van der Waals surface area contributed by atoms with Crippen LogP contribution in [0.4, 0.5) is 0 Å². The molecular weight excluding hydrogens is 358 g/mol. The molecule has 3 aromatic rings. The predicted octanol–water partition coefficient (Wildman–Crippen LogP) is 2.89. The predicted molar refractivity (Wildman–Crippen MR) is 107 cm³/mol. The molecule has 0 aliphatic heterocycles. The van der Waals surface area contributed by atoms with Crippen molar-refractivity contribution in [3.63, 3.8) is 0 Å². The second kappa shape index (κ2) is 9.41. The Morgan fingerprint density at radius 3 is 2.22 bits per heavy atom. The quantitative estimate of drug-likeness (QED) is 0.598. The number of benzene rings is 2. The normalized spacial score (nSPS) is 11.4. The van der Waals surface area contributed by atoms with Crippen molar-refractivity contribution in [3.05, 3.63) is 95.8 Å². The smallest absolute Gasteiger partial charge is 0.240 e. The molecule has 6 heteroatoms. The van der Waals surface area contributed by atoms with Gasteiger partial charge in [-0.05, 0) is 41.8 Å². The molecule has 0 spiro atoms. The maximum atomic E-state index is 12.4. The molecule has 2 aromatic carbocycles. The van der Waals surface area contributed by atoms with Crippen LogP contribution in [-0.4, -0.2) is 19.9 Å². The van der Waals surface area contributed by atoms with Gasteiger partial charge < -0.3 is 5.32 Å². The van der Waals surface area contributed by atoms with Gasteiger partial charge in [-0.1, -0.05) is 48.5 Å². The number of aromatic nitrogens is 1. The summed E-state index contributed by atoms with van der Waals surface area (Å²) in [4.78, 5) is 4.54. The van der Waals surface area contributed by atoms with Gasteiger partial charge in [0.25, 0.3) is 0 Å². The maximum absolute atomic E-state index is 12.4. The molecule has 27 heavy (non-hydrogen) atoms. The van der Waals surface area contributed by atoms with Gasteiger partial charge in [0.05, 0.1) is 10.6 Å². The van der Waals surface area contributed by atoms with Crippen molar-refractivity contribution in [2.45, 2.75) is 24.4 Å². The summed E-state index contributed by atoms with van der Waals surface area (Å²) < 4.78 is 27.5. The van der Waals surface area contributed by atoms with Gasteiger partial charge in [0.2, 0.25) is 10.0 Å². The molecule has 0 aliphatic rings. The van der Waals surface area contributed by atoms with E-state index in [0.717, 1.165) is 16.8 Å². The number of hydrogen-bond acceptors (Lipinski definition) is 4. The number of sulfonamides is 1. The molecule has 140 valence electrons. The van der Waals surface area contributed by atoms with Crippen LogP contribution in [0, 0.1) is 0 Å². The topological polar surface area (TPSA) is 71.1 Å². The van der Waals surface area contributed by atoms with Crippen molar-refractivity contribution in [1.82, 2.24) is 15.0 Å². The number of nitrogens with one attached hydrogen (secondary N) is 2. The van der Waals surface area contributed by atoms with E-state index < -0.39 is 10.0 Å². The summed E-state index contributed by atoms with van der Waals surface area (Å²) in [7, 11) is -3.49. The third-order valence-corrected chi connectivity index (χ3v) is 5.62. The minimum absolute atomic E-state index is 0.282. The Kier molecular flexibility index (Phi) is 6.70. The van der Waals surface area contributed by atoms with Crippen molar-refractivity contribution in [2.24, 2.45) is 0 Å². The van der Waals surface area contributed by atoms with E-state index in [0.29, 0.717) is 26.1 Å². The Morgan fingerprint density at radius 2 is 1.52 bits per heavy atom. The standard InChI is InChI=1S/C21H23N3O2S/c25-27(26,24-15-13-18-6-2-1-3-7-18)21-11-9-19(10-12-21)16-22-17-20-8-4-5-14-23-20/h1-12,14,22,24H,13,15-17H2. The fourth-order valence-corrected chi connectivity index (χ4v) is 3.71. The van der Waals surface area contributed by atoms with E-state index in [1.807, 2.05) is 60.7 Å².